The lowest BCUT2D eigenvalue weighted by Crippen LogP contribution is -2.20. The van der Waals surface area contributed by atoms with Crippen LogP contribution in [0.1, 0.15) is 28.4 Å². The molecule has 1 aliphatic rings. The van der Waals surface area contributed by atoms with Gasteiger partial charge in [-0.15, -0.1) is 0 Å². The topological polar surface area (TPSA) is 26.3 Å². The van der Waals surface area contributed by atoms with Crippen LogP contribution in [-0.4, -0.2) is 5.78 Å². The summed E-state index contributed by atoms with van der Waals surface area (Å²) in [6.07, 6.45) is -0.0353. The second-order valence-electron chi connectivity index (χ2n) is 4.43. The van der Waals surface area contributed by atoms with E-state index in [1.54, 1.807) is 30.3 Å². The highest BCUT2D eigenvalue weighted by Gasteiger charge is 2.27. The molecule has 0 radical (unpaired) electrons. The number of carbonyl (C=O) groups excluding carboxylic acids is 1. The van der Waals surface area contributed by atoms with Gasteiger partial charge in [-0.1, -0.05) is 35.3 Å². The van der Waals surface area contributed by atoms with Crippen LogP contribution in [0.5, 0.6) is 5.75 Å². The Kier molecular flexibility index (Phi) is 3.21. The molecule has 2 nitrogen and oxygen atoms in total. The summed E-state index contributed by atoms with van der Waals surface area (Å²) in [5.41, 5.74) is 1.45. The van der Waals surface area contributed by atoms with E-state index in [0.717, 1.165) is 5.56 Å². The monoisotopic (exact) mass is 292 g/mol. The summed E-state index contributed by atoms with van der Waals surface area (Å²) < 4.78 is 5.86. The van der Waals surface area contributed by atoms with Crippen LogP contribution in [0.15, 0.2) is 42.5 Å². The van der Waals surface area contributed by atoms with Crippen LogP contribution < -0.4 is 4.74 Å². The minimum atomic E-state index is -0.335. The molecule has 0 fully saturated rings. The fourth-order valence-corrected chi connectivity index (χ4v) is 2.76. The predicted octanol–water partition coefficient (Wildman–Crippen LogP) is 4.70. The van der Waals surface area contributed by atoms with Crippen molar-refractivity contribution in [1.82, 2.24) is 0 Å². The zero-order valence-corrected chi connectivity index (χ0v) is 11.4. The lowest BCUT2D eigenvalue weighted by molar-refractivity contribution is 0.0850. The number of carbonyl (C=O) groups is 1. The lowest BCUT2D eigenvalue weighted by Gasteiger charge is -2.25. The molecule has 0 aliphatic carbocycles. The van der Waals surface area contributed by atoms with Crippen molar-refractivity contribution in [2.75, 3.05) is 0 Å². The minimum Gasteiger partial charge on any atom is -0.484 e. The normalized spacial score (nSPS) is 17.8. The van der Waals surface area contributed by atoms with E-state index < -0.39 is 0 Å². The fourth-order valence-electron chi connectivity index (χ4n) is 2.22. The molecular formula is C15H10Cl2O2. The SMILES string of the molecule is O=C1CC(c2cc(Cl)cc(Cl)c2)Oc2ccccc21. The molecule has 0 amide bonds. The molecule has 0 N–H and O–H groups in total. The van der Waals surface area contributed by atoms with Crippen molar-refractivity contribution in [3.63, 3.8) is 0 Å². The second-order valence-corrected chi connectivity index (χ2v) is 5.31. The van der Waals surface area contributed by atoms with Gasteiger partial charge >= 0.3 is 0 Å². The van der Waals surface area contributed by atoms with Crippen LogP contribution in [0, 0.1) is 0 Å². The molecule has 3 rings (SSSR count). The van der Waals surface area contributed by atoms with Gasteiger partial charge in [-0.3, -0.25) is 4.79 Å². The molecule has 2 aromatic rings. The highest BCUT2D eigenvalue weighted by molar-refractivity contribution is 6.34. The average molecular weight is 293 g/mol. The predicted molar refractivity (Wildman–Crippen MR) is 75.2 cm³/mol. The number of ether oxygens (including phenoxy) is 1. The number of fused-ring (bicyclic) bond motifs is 1. The first kappa shape index (κ1) is 12.5. The maximum atomic E-state index is 12.1. The third-order valence-corrected chi connectivity index (χ3v) is 3.52. The Hall–Kier alpha value is -1.51. The molecule has 96 valence electrons. The van der Waals surface area contributed by atoms with E-state index in [2.05, 4.69) is 0 Å². The van der Waals surface area contributed by atoms with E-state index >= 15 is 0 Å². The van der Waals surface area contributed by atoms with Crippen LogP contribution in [0.2, 0.25) is 10.0 Å². The van der Waals surface area contributed by atoms with Gasteiger partial charge < -0.3 is 4.74 Å². The molecule has 0 saturated heterocycles. The maximum absolute atomic E-state index is 12.1. The van der Waals surface area contributed by atoms with Crippen LogP contribution in [0.4, 0.5) is 0 Å². The zero-order chi connectivity index (χ0) is 13.4. The molecule has 4 heteroatoms. The number of ketones is 1. The van der Waals surface area contributed by atoms with Gasteiger partial charge in [0.05, 0.1) is 12.0 Å². The molecule has 1 aliphatic heterocycles. The summed E-state index contributed by atoms with van der Waals surface area (Å²) in [6.45, 7) is 0. The molecule has 0 saturated carbocycles. The second kappa shape index (κ2) is 4.87. The summed E-state index contributed by atoms with van der Waals surface area (Å²) in [7, 11) is 0. The number of hydrogen-bond acceptors (Lipinski definition) is 2. The standard InChI is InChI=1S/C15H10Cl2O2/c16-10-5-9(6-11(17)7-10)15-8-13(18)12-3-1-2-4-14(12)19-15/h1-7,15H,8H2. The largest absolute Gasteiger partial charge is 0.484 e. The van der Waals surface area contributed by atoms with E-state index in [1.165, 1.54) is 0 Å². The van der Waals surface area contributed by atoms with E-state index in [0.29, 0.717) is 27.8 Å². The van der Waals surface area contributed by atoms with Crippen LogP contribution in [0.3, 0.4) is 0 Å². The van der Waals surface area contributed by atoms with Crippen molar-refractivity contribution in [1.29, 1.82) is 0 Å². The molecule has 2 aromatic carbocycles. The molecule has 0 bridgehead atoms. The quantitative estimate of drug-likeness (QED) is 0.761. The summed E-state index contributed by atoms with van der Waals surface area (Å²) in [4.78, 5) is 12.1. The summed E-state index contributed by atoms with van der Waals surface area (Å²) >= 11 is 12.0. The van der Waals surface area contributed by atoms with Gasteiger partial charge in [-0.05, 0) is 35.9 Å². The minimum absolute atomic E-state index is 0.0722. The van der Waals surface area contributed by atoms with Gasteiger partial charge in [-0.2, -0.15) is 0 Å². The van der Waals surface area contributed by atoms with Crippen LogP contribution in [0.25, 0.3) is 0 Å². The first-order chi connectivity index (χ1) is 9.13. The Bertz CT molecular complexity index is 632. The summed E-state index contributed by atoms with van der Waals surface area (Å²) in [5, 5.41) is 1.08. The van der Waals surface area contributed by atoms with Crippen molar-refractivity contribution >= 4 is 29.0 Å². The Balaban J connectivity index is 1.99. The molecule has 1 heterocycles. The van der Waals surface area contributed by atoms with Gasteiger partial charge in [0.15, 0.2) is 5.78 Å². The summed E-state index contributed by atoms with van der Waals surface area (Å²) in [6, 6.07) is 12.5. The third-order valence-electron chi connectivity index (χ3n) is 3.08. The lowest BCUT2D eigenvalue weighted by atomic mass is 9.96. The molecular weight excluding hydrogens is 283 g/mol. The number of para-hydroxylation sites is 1. The molecule has 0 spiro atoms. The van der Waals surface area contributed by atoms with Crippen molar-refractivity contribution in [2.24, 2.45) is 0 Å². The molecule has 1 unspecified atom stereocenters. The number of benzene rings is 2. The smallest absolute Gasteiger partial charge is 0.170 e. The van der Waals surface area contributed by atoms with Gasteiger partial charge in [0.1, 0.15) is 11.9 Å². The highest BCUT2D eigenvalue weighted by atomic mass is 35.5. The van der Waals surface area contributed by atoms with Crippen LogP contribution >= 0.6 is 23.2 Å². The Labute approximate surface area is 120 Å². The van der Waals surface area contributed by atoms with Crippen molar-refractivity contribution in [3.8, 4) is 5.75 Å². The van der Waals surface area contributed by atoms with Gasteiger partial charge in [0, 0.05) is 10.0 Å². The van der Waals surface area contributed by atoms with E-state index in [-0.39, 0.29) is 11.9 Å². The van der Waals surface area contributed by atoms with E-state index in [4.69, 9.17) is 27.9 Å². The van der Waals surface area contributed by atoms with Gasteiger partial charge in [0.25, 0.3) is 0 Å². The first-order valence-corrected chi connectivity index (χ1v) is 6.64. The Morgan fingerprint density at radius 2 is 1.74 bits per heavy atom. The first-order valence-electron chi connectivity index (χ1n) is 5.88. The van der Waals surface area contributed by atoms with Crippen LogP contribution in [-0.2, 0) is 0 Å². The maximum Gasteiger partial charge on any atom is 0.170 e. The highest BCUT2D eigenvalue weighted by Crippen LogP contribution is 2.36. The van der Waals surface area contributed by atoms with E-state index in [1.807, 2.05) is 12.1 Å². The number of Topliss-reactive ketones (excluding diaryl/α,β-unsaturated/α-hetero) is 1. The fraction of sp³-hybridized carbons (Fsp3) is 0.133. The Morgan fingerprint density at radius 1 is 1.05 bits per heavy atom. The van der Waals surface area contributed by atoms with E-state index in [9.17, 15) is 4.79 Å². The number of rotatable bonds is 1. The molecule has 19 heavy (non-hydrogen) atoms. The van der Waals surface area contributed by atoms with Crippen molar-refractivity contribution in [3.05, 3.63) is 63.6 Å². The molecule has 1 atom stereocenters. The van der Waals surface area contributed by atoms with Gasteiger partial charge in [0.2, 0.25) is 0 Å². The number of halogens is 2. The zero-order valence-electron chi connectivity index (χ0n) is 9.90. The summed E-state index contributed by atoms with van der Waals surface area (Å²) in [5.74, 6) is 0.683. The average Bonchev–Trinajstić information content (AvgIpc) is 2.37. The van der Waals surface area contributed by atoms with Gasteiger partial charge in [-0.25, -0.2) is 0 Å². The van der Waals surface area contributed by atoms with Crippen molar-refractivity contribution < 1.29 is 9.53 Å². The Morgan fingerprint density at radius 3 is 2.47 bits per heavy atom. The van der Waals surface area contributed by atoms with Crippen molar-refractivity contribution in [2.45, 2.75) is 12.5 Å². The molecule has 0 aromatic heterocycles. The third kappa shape index (κ3) is 2.46. The number of hydrogen-bond donors (Lipinski definition) is 0.